The summed E-state index contributed by atoms with van der Waals surface area (Å²) in [5.74, 6) is 0.235. The summed E-state index contributed by atoms with van der Waals surface area (Å²) < 4.78 is 7.06. The Balaban J connectivity index is 2.31. The lowest BCUT2D eigenvalue weighted by molar-refractivity contribution is -0.0329. The predicted molar refractivity (Wildman–Crippen MR) is 65.5 cm³/mol. The zero-order valence-electron chi connectivity index (χ0n) is 10.5. The molecule has 1 aromatic rings. The lowest BCUT2D eigenvalue weighted by atomic mass is 9.98. The molecule has 0 radical (unpaired) electrons. The van der Waals surface area contributed by atoms with Crippen LogP contribution in [-0.2, 0) is 4.74 Å². The third-order valence-electron chi connectivity index (χ3n) is 3.52. The molecule has 6 heteroatoms. The smallest absolute Gasteiger partial charge is 0.330 e. The summed E-state index contributed by atoms with van der Waals surface area (Å²) in [6.07, 6.45) is 2.43. The number of nitrogens with one attached hydrogen (secondary N) is 1. The van der Waals surface area contributed by atoms with E-state index in [1.807, 2.05) is 6.92 Å². The lowest BCUT2D eigenvalue weighted by Crippen LogP contribution is -2.33. The Labute approximate surface area is 104 Å². The standard InChI is InChI=1S/C12H18N2O4/c1-3-8-4-10(18-9(8)6-15)14-5-7(2)11(16)13-12(14)17/h5,8-10,15H,3-4,6H2,1-2H3,(H,13,16,17)/t8-,9+,10+/m0/s1. The second-order valence-electron chi connectivity index (χ2n) is 4.69. The molecule has 2 N–H and O–H groups in total. The van der Waals surface area contributed by atoms with Crippen molar-refractivity contribution in [2.24, 2.45) is 5.92 Å². The van der Waals surface area contributed by atoms with Crippen LogP contribution in [0.25, 0.3) is 0 Å². The van der Waals surface area contributed by atoms with Crippen LogP contribution in [0.5, 0.6) is 0 Å². The highest BCUT2D eigenvalue weighted by Gasteiger charge is 2.35. The van der Waals surface area contributed by atoms with Crippen molar-refractivity contribution in [3.8, 4) is 0 Å². The first-order valence-corrected chi connectivity index (χ1v) is 6.15. The Morgan fingerprint density at radius 2 is 2.28 bits per heavy atom. The molecule has 0 bridgehead atoms. The van der Waals surface area contributed by atoms with E-state index in [0.29, 0.717) is 12.0 Å². The zero-order valence-corrected chi connectivity index (χ0v) is 10.5. The van der Waals surface area contributed by atoms with Crippen molar-refractivity contribution in [2.45, 2.75) is 39.0 Å². The fourth-order valence-corrected chi connectivity index (χ4v) is 2.38. The molecule has 0 unspecified atom stereocenters. The maximum atomic E-state index is 11.7. The molecule has 1 aliphatic rings. The van der Waals surface area contributed by atoms with Gasteiger partial charge < -0.3 is 9.84 Å². The van der Waals surface area contributed by atoms with Gasteiger partial charge in [0.1, 0.15) is 6.23 Å². The highest BCUT2D eigenvalue weighted by molar-refractivity contribution is 5.01. The number of aromatic nitrogens is 2. The van der Waals surface area contributed by atoms with Crippen molar-refractivity contribution in [1.29, 1.82) is 0 Å². The maximum absolute atomic E-state index is 11.7. The van der Waals surface area contributed by atoms with Crippen LogP contribution in [0.1, 0.15) is 31.6 Å². The summed E-state index contributed by atoms with van der Waals surface area (Å²) in [5.41, 5.74) is -0.372. The van der Waals surface area contributed by atoms with Gasteiger partial charge in [0.15, 0.2) is 0 Å². The summed E-state index contributed by atoms with van der Waals surface area (Å²) in [6, 6.07) is 0. The van der Waals surface area contributed by atoms with Gasteiger partial charge in [0.05, 0.1) is 12.7 Å². The average Bonchev–Trinajstić information content (AvgIpc) is 2.76. The SMILES string of the molecule is CC[C@H]1C[C@H](n2cc(C)c(=O)[nH]c2=O)O[C@@H]1CO. The van der Waals surface area contributed by atoms with Gasteiger partial charge in [-0.2, -0.15) is 0 Å². The molecule has 2 heterocycles. The van der Waals surface area contributed by atoms with Crippen LogP contribution in [-0.4, -0.2) is 27.4 Å². The van der Waals surface area contributed by atoms with Crippen molar-refractivity contribution < 1.29 is 9.84 Å². The average molecular weight is 254 g/mol. The third-order valence-corrected chi connectivity index (χ3v) is 3.52. The monoisotopic (exact) mass is 254 g/mol. The molecule has 0 amide bonds. The van der Waals surface area contributed by atoms with Gasteiger partial charge in [0.2, 0.25) is 0 Å². The van der Waals surface area contributed by atoms with Crippen molar-refractivity contribution in [2.75, 3.05) is 6.61 Å². The molecular weight excluding hydrogens is 236 g/mol. The Morgan fingerprint density at radius 1 is 1.56 bits per heavy atom. The molecule has 0 aliphatic carbocycles. The van der Waals surface area contributed by atoms with E-state index in [1.165, 1.54) is 10.8 Å². The number of hydrogen-bond donors (Lipinski definition) is 2. The molecule has 1 fully saturated rings. The van der Waals surface area contributed by atoms with Gasteiger partial charge >= 0.3 is 5.69 Å². The van der Waals surface area contributed by atoms with E-state index in [1.54, 1.807) is 6.92 Å². The number of rotatable bonds is 3. The summed E-state index contributed by atoms with van der Waals surface area (Å²) in [4.78, 5) is 25.3. The van der Waals surface area contributed by atoms with Gasteiger partial charge in [-0.1, -0.05) is 13.3 Å². The number of H-pyrrole nitrogens is 1. The summed E-state index contributed by atoms with van der Waals surface area (Å²) >= 11 is 0. The summed E-state index contributed by atoms with van der Waals surface area (Å²) in [5, 5.41) is 9.23. The Bertz CT molecular complexity index is 522. The van der Waals surface area contributed by atoms with Crippen LogP contribution in [0.2, 0.25) is 0 Å². The molecule has 1 aromatic heterocycles. The van der Waals surface area contributed by atoms with Crippen molar-refractivity contribution in [3.05, 3.63) is 32.6 Å². The van der Waals surface area contributed by atoms with Crippen molar-refractivity contribution >= 4 is 0 Å². The topological polar surface area (TPSA) is 84.3 Å². The van der Waals surface area contributed by atoms with E-state index in [0.717, 1.165) is 6.42 Å². The van der Waals surface area contributed by atoms with E-state index in [4.69, 9.17) is 4.74 Å². The van der Waals surface area contributed by atoms with Crippen LogP contribution in [0.3, 0.4) is 0 Å². The van der Waals surface area contributed by atoms with Crippen LogP contribution in [0, 0.1) is 12.8 Å². The van der Waals surface area contributed by atoms with E-state index >= 15 is 0 Å². The van der Waals surface area contributed by atoms with Crippen LogP contribution < -0.4 is 11.2 Å². The number of nitrogens with zero attached hydrogens (tertiary/aromatic N) is 1. The van der Waals surface area contributed by atoms with Crippen molar-refractivity contribution in [1.82, 2.24) is 9.55 Å². The molecule has 1 aliphatic heterocycles. The largest absolute Gasteiger partial charge is 0.394 e. The maximum Gasteiger partial charge on any atom is 0.330 e. The molecule has 0 saturated carbocycles. The molecule has 0 aromatic carbocycles. The number of hydrogen-bond acceptors (Lipinski definition) is 4. The van der Waals surface area contributed by atoms with Gasteiger partial charge in [-0.25, -0.2) is 4.79 Å². The second-order valence-corrected chi connectivity index (χ2v) is 4.69. The summed E-state index contributed by atoms with van der Waals surface area (Å²) in [6.45, 7) is 3.62. The molecule has 0 spiro atoms. The van der Waals surface area contributed by atoms with E-state index in [9.17, 15) is 14.7 Å². The highest BCUT2D eigenvalue weighted by Crippen LogP contribution is 2.34. The minimum atomic E-state index is -0.468. The quantitative estimate of drug-likeness (QED) is 0.804. The molecule has 100 valence electrons. The second kappa shape index (κ2) is 5.07. The van der Waals surface area contributed by atoms with E-state index < -0.39 is 11.9 Å². The molecule has 2 rings (SSSR count). The number of aromatic amines is 1. The van der Waals surface area contributed by atoms with Crippen LogP contribution in [0.4, 0.5) is 0 Å². The van der Waals surface area contributed by atoms with Gasteiger partial charge in [-0.05, 0) is 19.3 Å². The summed E-state index contributed by atoms with van der Waals surface area (Å²) in [7, 11) is 0. The minimum Gasteiger partial charge on any atom is -0.394 e. The Morgan fingerprint density at radius 3 is 2.83 bits per heavy atom. The molecular formula is C12H18N2O4. The van der Waals surface area contributed by atoms with Gasteiger partial charge in [0, 0.05) is 11.8 Å². The molecule has 1 saturated heterocycles. The van der Waals surface area contributed by atoms with E-state index in [2.05, 4.69) is 4.98 Å². The molecule has 6 nitrogen and oxygen atoms in total. The first kappa shape index (κ1) is 13.0. The Hall–Kier alpha value is -1.40. The normalized spacial score (nSPS) is 27.6. The van der Waals surface area contributed by atoms with Crippen LogP contribution in [0.15, 0.2) is 15.8 Å². The first-order chi connectivity index (χ1) is 8.56. The van der Waals surface area contributed by atoms with Crippen LogP contribution >= 0.6 is 0 Å². The number of aliphatic hydroxyl groups excluding tert-OH is 1. The van der Waals surface area contributed by atoms with Crippen molar-refractivity contribution in [3.63, 3.8) is 0 Å². The Kier molecular flexibility index (Phi) is 3.68. The van der Waals surface area contributed by atoms with Gasteiger partial charge in [-0.3, -0.25) is 14.3 Å². The first-order valence-electron chi connectivity index (χ1n) is 6.15. The van der Waals surface area contributed by atoms with Gasteiger partial charge in [-0.15, -0.1) is 0 Å². The third kappa shape index (κ3) is 2.26. The lowest BCUT2D eigenvalue weighted by Gasteiger charge is -2.15. The fourth-order valence-electron chi connectivity index (χ4n) is 2.38. The molecule has 18 heavy (non-hydrogen) atoms. The van der Waals surface area contributed by atoms with Gasteiger partial charge in [0.25, 0.3) is 5.56 Å². The molecule has 3 atom stereocenters. The predicted octanol–water partition coefficient (Wildman–Crippen LogP) is 0.151. The fraction of sp³-hybridized carbons (Fsp3) is 0.667. The zero-order chi connectivity index (χ0) is 13.3. The number of aliphatic hydroxyl groups is 1. The van der Waals surface area contributed by atoms with E-state index in [-0.39, 0.29) is 24.2 Å². The number of aryl methyl sites for hydroxylation is 1. The highest BCUT2D eigenvalue weighted by atomic mass is 16.5. The number of ether oxygens (including phenoxy) is 1. The minimum absolute atomic E-state index is 0.0495.